The van der Waals surface area contributed by atoms with Gasteiger partial charge in [0.25, 0.3) is 0 Å². The first-order valence-corrected chi connectivity index (χ1v) is 8.38. The van der Waals surface area contributed by atoms with Crippen molar-refractivity contribution in [2.45, 2.75) is 37.6 Å². The fourth-order valence-corrected chi connectivity index (χ4v) is 3.23. The molecule has 0 spiro atoms. The normalized spacial score (nSPS) is 16.1. The molecular formula is C14H23N3O2S. The zero-order valence-corrected chi connectivity index (χ0v) is 12.8. The Morgan fingerprint density at radius 2 is 1.95 bits per heavy atom. The van der Waals surface area contributed by atoms with Crippen molar-refractivity contribution in [3.63, 3.8) is 0 Å². The van der Waals surface area contributed by atoms with Crippen molar-refractivity contribution in [2.24, 2.45) is 11.1 Å². The molecule has 1 aliphatic rings. The summed E-state index contributed by atoms with van der Waals surface area (Å²) in [6.45, 7) is 5.24. The van der Waals surface area contributed by atoms with E-state index in [1.165, 1.54) is 0 Å². The minimum Gasteiger partial charge on any atom is -0.383 e. The molecule has 1 saturated carbocycles. The van der Waals surface area contributed by atoms with E-state index in [-0.39, 0.29) is 11.5 Å². The summed E-state index contributed by atoms with van der Waals surface area (Å²) in [5.74, 6) is 0. The first kappa shape index (κ1) is 15.3. The quantitative estimate of drug-likeness (QED) is 0.712. The fraction of sp³-hybridized carbons (Fsp3) is 0.571. The molecular weight excluding hydrogens is 274 g/mol. The van der Waals surface area contributed by atoms with Crippen molar-refractivity contribution in [1.82, 2.24) is 4.72 Å². The number of anilines is 1. The van der Waals surface area contributed by atoms with Gasteiger partial charge in [-0.15, -0.1) is 0 Å². The Balaban J connectivity index is 2.17. The van der Waals surface area contributed by atoms with Gasteiger partial charge in [-0.25, -0.2) is 13.1 Å². The van der Waals surface area contributed by atoms with E-state index < -0.39 is 10.0 Å². The molecule has 0 saturated heterocycles. The number of rotatable bonds is 7. The zero-order chi connectivity index (χ0) is 14.8. The fourth-order valence-electron chi connectivity index (χ4n) is 1.74. The van der Waals surface area contributed by atoms with E-state index in [0.717, 1.165) is 12.8 Å². The number of sulfonamides is 1. The summed E-state index contributed by atoms with van der Waals surface area (Å²) in [4.78, 5) is 0.305. The molecule has 1 fully saturated rings. The summed E-state index contributed by atoms with van der Waals surface area (Å²) in [5, 5.41) is 3.21. The van der Waals surface area contributed by atoms with Gasteiger partial charge in [-0.2, -0.15) is 0 Å². The molecule has 0 amide bonds. The van der Waals surface area contributed by atoms with E-state index >= 15 is 0 Å². The van der Waals surface area contributed by atoms with Crippen LogP contribution in [0.5, 0.6) is 0 Å². The van der Waals surface area contributed by atoms with Gasteiger partial charge in [0, 0.05) is 12.6 Å². The third kappa shape index (κ3) is 3.94. The van der Waals surface area contributed by atoms with Gasteiger partial charge in [0.1, 0.15) is 4.90 Å². The SMILES string of the molecule is CC(C)(CN)CNc1ccccc1S(=O)(=O)NC1CC1. The van der Waals surface area contributed by atoms with E-state index in [1.54, 1.807) is 18.2 Å². The largest absolute Gasteiger partial charge is 0.383 e. The van der Waals surface area contributed by atoms with Crippen molar-refractivity contribution in [2.75, 3.05) is 18.4 Å². The van der Waals surface area contributed by atoms with E-state index in [1.807, 2.05) is 19.9 Å². The number of hydrogen-bond donors (Lipinski definition) is 3. The van der Waals surface area contributed by atoms with Gasteiger partial charge in [-0.1, -0.05) is 26.0 Å². The van der Waals surface area contributed by atoms with Crippen molar-refractivity contribution >= 4 is 15.7 Å². The first-order valence-electron chi connectivity index (χ1n) is 6.89. The molecule has 6 heteroatoms. The minimum absolute atomic E-state index is 0.0825. The van der Waals surface area contributed by atoms with E-state index in [4.69, 9.17) is 5.73 Å². The number of hydrogen-bond acceptors (Lipinski definition) is 4. The third-order valence-electron chi connectivity index (χ3n) is 3.39. The highest BCUT2D eigenvalue weighted by Gasteiger charge is 2.29. The molecule has 5 nitrogen and oxygen atoms in total. The Hall–Kier alpha value is -1.11. The molecule has 0 atom stereocenters. The lowest BCUT2D eigenvalue weighted by atomic mass is 9.94. The van der Waals surface area contributed by atoms with Gasteiger partial charge >= 0.3 is 0 Å². The first-order chi connectivity index (χ1) is 9.34. The van der Waals surface area contributed by atoms with Gasteiger partial charge in [0.15, 0.2) is 0 Å². The number of nitrogens with one attached hydrogen (secondary N) is 2. The second-order valence-corrected chi connectivity index (χ2v) is 7.80. The standard InChI is InChI=1S/C14H23N3O2S/c1-14(2,9-15)10-16-12-5-3-4-6-13(12)20(18,19)17-11-7-8-11/h3-6,11,16-17H,7-10,15H2,1-2H3. The third-order valence-corrected chi connectivity index (χ3v) is 4.96. The predicted molar refractivity (Wildman–Crippen MR) is 81.1 cm³/mol. The number of benzene rings is 1. The lowest BCUT2D eigenvalue weighted by molar-refractivity contribution is 0.405. The van der Waals surface area contributed by atoms with E-state index in [0.29, 0.717) is 23.7 Å². The molecule has 0 bridgehead atoms. The van der Waals surface area contributed by atoms with Crippen LogP contribution in [0.2, 0.25) is 0 Å². The van der Waals surface area contributed by atoms with Crippen LogP contribution in [0, 0.1) is 5.41 Å². The lowest BCUT2D eigenvalue weighted by Crippen LogP contribution is -2.32. The topological polar surface area (TPSA) is 84.2 Å². The Morgan fingerprint density at radius 1 is 1.30 bits per heavy atom. The zero-order valence-electron chi connectivity index (χ0n) is 12.0. The molecule has 1 aliphatic carbocycles. The van der Waals surface area contributed by atoms with Crippen LogP contribution in [-0.4, -0.2) is 27.5 Å². The smallest absolute Gasteiger partial charge is 0.242 e. The monoisotopic (exact) mass is 297 g/mol. The summed E-state index contributed by atoms with van der Waals surface area (Å²) < 4.78 is 27.3. The van der Waals surface area contributed by atoms with E-state index in [9.17, 15) is 8.42 Å². The Labute approximate surface area is 121 Å². The second-order valence-electron chi connectivity index (χ2n) is 6.11. The maximum atomic E-state index is 12.3. The van der Waals surface area contributed by atoms with Crippen molar-refractivity contribution in [1.29, 1.82) is 0 Å². The van der Waals surface area contributed by atoms with Crippen LogP contribution >= 0.6 is 0 Å². The van der Waals surface area contributed by atoms with Crippen LogP contribution in [-0.2, 0) is 10.0 Å². The van der Waals surface area contributed by atoms with Crippen molar-refractivity contribution in [3.05, 3.63) is 24.3 Å². The molecule has 2 rings (SSSR count). The molecule has 1 aromatic carbocycles. The number of para-hydroxylation sites is 1. The highest BCUT2D eigenvalue weighted by molar-refractivity contribution is 7.89. The van der Waals surface area contributed by atoms with E-state index in [2.05, 4.69) is 10.0 Å². The maximum absolute atomic E-state index is 12.3. The highest BCUT2D eigenvalue weighted by Crippen LogP contribution is 2.26. The van der Waals surface area contributed by atoms with Crippen LogP contribution in [0.15, 0.2) is 29.2 Å². The maximum Gasteiger partial charge on any atom is 0.242 e. The molecule has 0 heterocycles. The van der Waals surface area contributed by atoms with Crippen LogP contribution < -0.4 is 15.8 Å². The minimum atomic E-state index is -3.45. The average molecular weight is 297 g/mol. The molecule has 0 aromatic heterocycles. The van der Waals surface area contributed by atoms with Gasteiger partial charge in [-0.05, 0) is 36.9 Å². The number of nitrogens with two attached hydrogens (primary N) is 1. The van der Waals surface area contributed by atoms with Gasteiger partial charge < -0.3 is 11.1 Å². The Kier molecular flexibility index (Phi) is 4.36. The Morgan fingerprint density at radius 3 is 2.55 bits per heavy atom. The van der Waals surface area contributed by atoms with Crippen molar-refractivity contribution in [3.8, 4) is 0 Å². The van der Waals surface area contributed by atoms with Gasteiger partial charge in [0.2, 0.25) is 10.0 Å². The molecule has 4 N–H and O–H groups in total. The Bertz CT molecular complexity index is 566. The lowest BCUT2D eigenvalue weighted by Gasteiger charge is -2.24. The van der Waals surface area contributed by atoms with Crippen LogP contribution in [0.1, 0.15) is 26.7 Å². The molecule has 0 unspecified atom stereocenters. The summed E-state index contributed by atoms with van der Waals surface area (Å²) in [7, 11) is -3.45. The van der Waals surface area contributed by atoms with Gasteiger partial charge in [-0.3, -0.25) is 0 Å². The summed E-state index contributed by atoms with van der Waals surface area (Å²) in [6.07, 6.45) is 1.85. The van der Waals surface area contributed by atoms with Crippen LogP contribution in [0.3, 0.4) is 0 Å². The molecule has 0 aliphatic heterocycles. The van der Waals surface area contributed by atoms with Crippen molar-refractivity contribution < 1.29 is 8.42 Å². The molecule has 20 heavy (non-hydrogen) atoms. The predicted octanol–water partition coefficient (Wildman–Crippen LogP) is 1.52. The summed E-state index contributed by atoms with van der Waals surface area (Å²) in [5.41, 5.74) is 6.24. The van der Waals surface area contributed by atoms with Crippen LogP contribution in [0.25, 0.3) is 0 Å². The molecule has 0 radical (unpaired) electrons. The summed E-state index contributed by atoms with van der Waals surface area (Å²) in [6, 6.07) is 7.08. The molecule has 1 aromatic rings. The molecule has 112 valence electrons. The van der Waals surface area contributed by atoms with Crippen LogP contribution in [0.4, 0.5) is 5.69 Å². The second kappa shape index (κ2) is 5.71. The summed E-state index contributed by atoms with van der Waals surface area (Å²) >= 11 is 0. The van der Waals surface area contributed by atoms with Gasteiger partial charge in [0.05, 0.1) is 5.69 Å². The average Bonchev–Trinajstić information content (AvgIpc) is 3.20. The highest BCUT2D eigenvalue weighted by atomic mass is 32.2.